The molecule has 4 N–H and O–H groups in total. The number of nitrogens with zero attached hydrogens (tertiary/aromatic N) is 2. The van der Waals surface area contributed by atoms with E-state index >= 15 is 0 Å². The van der Waals surface area contributed by atoms with E-state index in [1.165, 1.54) is 6.33 Å². The largest absolute Gasteiger partial charge is 0.366 e. The summed E-state index contributed by atoms with van der Waals surface area (Å²) < 4.78 is 0. The van der Waals surface area contributed by atoms with Gasteiger partial charge in [0.05, 0.1) is 0 Å². The molecule has 0 fully saturated rings. The number of nitrogens with two attached hydrogens (primary N) is 1. The molecule has 0 saturated carbocycles. The molecule has 1 rings (SSSR count). The van der Waals surface area contributed by atoms with Gasteiger partial charge in [0, 0.05) is 17.4 Å². The molecule has 1 unspecified atom stereocenters. The SMILES string of the molecule is CCC(CSC)Nc1ncnc(NN)c1C. The van der Waals surface area contributed by atoms with E-state index in [1.54, 1.807) is 0 Å². The number of thioether (sulfide) groups is 1. The Balaban J connectivity index is 2.79. The van der Waals surface area contributed by atoms with Crippen LogP contribution in [0.2, 0.25) is 0 Å². The molecule has 0 bridgehead atoms. The zero-order valence-electron chi connectivity index (χ0n) is 9.95. The van der Waals surface area contributed by atoms with Crippen molar-refractivity contribution < 1.29 is 0 Å². The summed E-state index contributed by atoms with van der Waals surface area (Å²) in [4.78, 5) is 8.27. The van der Waals surface area contributed by atoms with Crippen LogP contribution in [0.4, 0.5) is 11.6 Å². The summed E-state index contributed by atoms with van der Waals surface area (Å²) in [6, 6.07) is 0.425. The van der Waals surface area contributed by atoms with Crippen LogP contribution in [0.25, 0.3) is 0 Å². The maximum absolute atomic E-state index is 5.37. The predicted octanol–water partition coefficient (Wildman–Crippen LogP) is 1.62. The molecular weight excluding hydrogens is 222 g/mol. The lowest BCUT2D eigenvalue weighted by atomic mass is 10.2. The molecule has 0 aliphatic rings. The topological polar surface area (TPSA) is 75.9 Å². The van der Waals surface area contributed by atoms with Gasteiger partial charge in [-0.25, -0.2) is 15.8 Å². The highest BCUT2D eigenvalue weighted by molar-refractivity contribution is 7.98. The Bertz CT molecular complexity index is 331. The van der Waals surface area contributed by atoms with Gasteiger partial charge < -0.3 is 10.7 Å². The van der Waals surface area contributed by atoms with E-state index < -0.39 is 0 Å². The first-order valence-corrected chi connectivity index (χ1v) is 6.66. The first-order valence-electron chi connectivity index (χ1n) is 5.26. The Morgan fingerprint density at radius 1 is 1.44 bits per heavy atom. The van der Waals surface area contributed by atoms with Gasteiger partial charge in [-0.05, 0) is 19.6 Å². The number of rotatable bonds is 6. The van der Waals surface area contributed by atoms with E-state index in [1.807, 2.05) is 18.7 Å². The fraction of sp³-hybridized carbons (Fsp3) is 0.600. The lowest BCUT2D eigenvalue weighted by Gasteiger charge is -2.18. The molecule has 1 aromatic rings. The molecule has 0 saturated heterocycles. The van der Waals surface area contributed by atoms with E-state index in [-0.39, 0.29) is 0 Å². The number of aromatic nitrogens is 2. The van der Waals surface area contributed by atoms with Crippen LogP contribution in [-0.2, 0) is 0 Å². The molecule has 6 heteroatoms. The molecule has 1 heterocycles. The van der Waals surface area contributed by atoms with Gasteiger partial charge in [0.15, 0.2) is 0 Å². The minimum absolute atomic E-state index is 0.425. The first kappa shape index (κ1) is 13.1. The molecule has 90 valence electrons. The minimum Gasteiger partial charge on any atom is -0.366 e. The summed E-state index contributed by atoms with van der Waals surface area (Å²) in [7, 11) is 0. The lowest BCUT2D eigenvalue weighted by Crippen LogP contribution is -2.23. The molecule has 0 amide bonds. The Morgan fingerprint density at radius 3 is 2.69 bits per heavy atom. The van der Waals surface area contributed by atoms with Crippen molar-refractivity contribution in [2.45, 2.75) is 26.3 Å². The van der Waals surface area contributed by atoms with Gasteiger partial charge in [-0.15, -0.1) is 0 Å². The lowest BCUT2D eigenvalue weighted by molar-refractivity contribution is 0.767. The molecule has 5 nitrogen and oxygen atoms in total. The van der Waals surface area contributed by atoms with E-state index in [4.69, 9.17) is 5.84 Å². The Kier molecular flexibility index (Phi) is 5.34. The number of nitrogens with one attached hydrogen (secondary N) is 2. The Labute approximate surface area is 101 Å². The van der Waals surface area contributed by atoms with Crippen LogP contribution in [0.1, 0.15) is 18.9 Å². The number of hydrogen-bond acceptors (Lipinski definition) is 6. The second-order valence-corrected chi connectivity index (χ2v) is 4.46. The van der Waals surface area contributed by atoms with Crippen LogP contribution in [0.5, 0.6) is 0 Å². The van der Waals surface area contributed by atoms with Crippen molar-refractivity contribution in [2.24, 2.45) is 5.84 Å². The second-order valence-electron chi connectivity index (χ2n) is 3.55. The summed E-state index contributed by atoms with van der Waals surface area (Å²) in [5.41, 5.74) is 3.51. The van der Waals surface area contributed by atoms with Gasteiger partial charge in [0.1, 0.15) is 18.0 Å². The molecule has 0 aliphatic carbocycles. The smallest absolute Gasteiger partial charge is 0.148 e. The number of anilines is 2. The zero-order valence-corrected chi connectivity index (χ0v) is 10.8. The first-order chi connectivity index (χ1) is 7.72. The molecule has 16 heavy (non-hydrogen) atoms. The third-order valence-electron chi connectivity index (χ3n) is 2.42. The summed E-state index contributed by atoms with van der Waals surface area (Å²) >= 11 is 1.82. The van der Waals surface area contributed by atoms with Crippen LogP contribution in [0.3, 0.4) is 0 Å². The summed E-state index contributed by atoms with van der Waals surface area (Å²) in [5, 5.41) is 3.41. The second kappa shape index (κ2) is 6.55. The van der Waals surface area contributed by atoms with Gasteiger partial charge in [0.2, 0.25) is 0 Å². The predicted molar refractivity (Wildman–Crippen MR) is 70.7 cm³/mol. The highest BCUT2D eigenvalue weighted by atomic mass is 32.2. The average Bonchev–Trinajstić information content (AvgIpc) is 2.31. The summed E-state index contributed by atoms with van der Waals surface area (Å²) in [6.07, 6.45) is 4.68. The Morgan fingerprint density at radius 2 is 2.12 bits per heavy atom. The van der Waals surface area contributed by atoms with Crippen LogP contribution in [0, 0.1) is 6.92 Å². The highest BCUT2D eigenvalue weighted by Crippen LogP contribution is 2.19. The summed E-state index contributed by atoms with van der Waals surface area (Å²) in [6.45, 7) is 4.11. The van der Waals surface area contributed by atoms with Crippen molar-refractivity contribution >= 4 is 23.4 Å². The molecular formula is C10H19N5S. The van der Waals surface area contributed by atoms with E-state index in [0.717, 1.165) is 23.6 Å². The maximum Gasteiger partial charge on any atom is 0.148 e. The highest BCUT2D eigenvalue weighted by Gasteiger charge is 2.10. The van der Waals surface area contributed by atoms with Gasteiger partial charge in [-0.1, -0.05) is 6.92 Å². The van der Waals surface area contributed by atoms with Crippen LogP contribution in [0.15, 0.2) is 6.33 Å². The van der Waals surface area contributed by atoms with Crippen LogP contribution >= 0.6 is 11.8 Å². The van der Waals surface area contributed by atoms with Crippen molar-refractivity contribution in [2.75, 3.05) is 22.8 Å². The molecule has 0 aromatic carbocycles. The number of hydrazine groups is 1. The number of nitrogen functional groups attached to an aromatic ring is 1. The van der Waals surface area contributed by atoms with Gasteiger partial charge in [-0.2, -0.15) is 11.8 Å². The zero-order chi connectivity index (χ0) is 12.0. The Hall–Kier alpha value is -1.01. The van der Waals surface area contributed by atoms with E-state index in [2.05, 4.69) is 33.9 Å². The fourth-order valence-corrected chi connectivity index (χ4v) is 2.12. The van der Waals surface area contributed by atoms with Crippen LogP contribution in [-0.4, -0.2) is 28.0 Å². The third-order valence-corrected chi connectivity index (χ3v) is 3.16. The molecule has 0 spiro atoms. The standard InChI is InChI=1S/C10H19N5S/c1-4-8(5-16-3)14-9-7(2)10(15-11)13-6-12-9/h6,8H,4-5,11H2,1-3H3,(H2,12,13,14,15). The van der Waals surface area contributed by atoms with Crippen molar-refractivity contribution in [1.29, 1.82) is 0 Å². The fourth-order valence-electron chi connectivity index (χ4n) is 1.40. The van der Waals surface area contributed by atoms with Gasteiger partial charge >= 0.3 is 0 Å². The van der Waals surface area contributed by atoms with Crippen molar-refractivity contribution in [1.82, 2.24) is 9.97 Å². The van der Waals surface area contributed by atoms with E-state index in [0.29, 0.717) is 11.9 Å². The van der Waals surface area contributed by atoms with Crippen LogP contribution < -0.4 is 16.6 Å². The quantitative estimate of drug-likeness (QED) is 0.519. The van der Waals surface area contributed by atoms with Crippen molar-refractivity contribution in [3.05, 3.63) is 11.9 Å². The molecule has 0 radical (unpaired) electrons. The minimum atomic E-state index is 0.425. The monoisotopic (exact) mass is 241 g/mol. The third kappa shape index (κ3) is 3.24. The maximum atomic E-state index is 5.37. The van der Waals surface area contributed by atoms with Crippen molar-refractivity contribution in [3.63, 3.8) is 0 Å². The molecule has 1 aromatic heterocycles. The molecule has 0 aliphatic heterocycles. The van der Waals surface area contributed by atoms with E-state index in [9.17, 15) is 0 Å². The molecule has 1 atom stereocenters. The number of hydrogen-bond donors (Lipinski definition) is 3. The van der Waals surface area contributed by atoms with Crippen molar-refractivity contribution in [3.8, 4) is 0 Å². The van der Waals surface area contributed by atoms with Gasteiger partial charge in [-0.3, -0.25) is 0 Å². The van der Waals surface area contributed by atoms with Gasteiger partial charge in [0.25, 0.3) is 0 Å². The normalized spacial score (nSPS) is 12.2. The average molecular weight is 241 g/mol. The summed E-state index contributed by atoms with van der Waals surface area (Å²) in [5.74, 6) is 7.94.